The maximum atomic E-state index is 13.2. The number of benzene rings is 1. The van der Waals surface area contributed by atoms with E-state index in [4.69, 9.17) is 4.84 Å². The number of para-hydroxylation sites is 1. The molecule has 1 amide bonds. The predicted molar refractivity (Wildman–Crippen MR) is 130 cm³/mol. The first kappa shape index (κ1) is 23.1. The molecule has 3 aromatic heterocycles. The molecule has 0 fully saturated rings. The van der Waals surface area contributed by atoms with Gasteiger partial charge >= 0.3 is 0 Å². The van der Waals surface area contributed by atoms with E-state index in [0.29, 0.717) is 28.8 Å². The highest BCUT2D eigenvalue weighted by Gasteiger charge is 2.31. The molecule has 0 radical (unpaired) electrons. The second-order valence-corrected chi connectivity index (χ2v) is 8.13. The van der Waals surface area contributed by atoms with Crippen molar-refractivity contribution in [3.8, 4) is 5.69 Å². The lowest BCUT2D eigenvalue weighted by molar-refractivity contribution is 0.0532. The fourth-order valence-electron chi connectivity index (χ4n) is 4.00. The first-order chi connectivity index (χ1) is 17.4. The molecule has 0 saturated carbocycles. The Morgan fingerprint density at radius 3 is 2.69 bits per heavy atom. The molecule has 5 rings (SSSR count). The molecule has 1 aliphatic heterocycles. The number of hydroxylamine groups is 1. The average molecular weight is 491 g/mol. The molecule has 4 heterocycles. The van der Waals surface area contributed by atoms with Crippen LogP contribution in [0.2, 0.25) is 0 Å². The van der Waals surface area contributed by atoms with Gasteiger partial charge in [0.2, 0.25) is 0 Å². The van der Waals surface area contributed by atoms with Gasteiger partial charge in [-0.25, -0.2) is 24.5 Å². The number of anilines is 5. The summed E-state index contributed by atoms with van der Waals surface area (Å²) >= 11 is 0. The summed E-state index contributed by atoms with van der Waals surface area (Å²) in [7, 11) is 3.30. The fraction of sp³-hybridized carbons (Fsp3) is 0.217. The number of carbonyl (C=O) groups is 1. The Morgan fingerprint density at radius 1 is 1.11 bits per heavy atom. The van der Waals surface area contributed by atoms with Crippen molar-refractivity contribution in [3.63, 3.8) is 0 Å². The van der Waals surface area contributed by atoms with Crippen LogP contribution in [0.4, 0.5) is 33.1 Å². The summed E-state index contributed by atoms with van der Waals surface area (Å²) < 4.78 is 15.1. The fourth-order valence-corrected chi connectivity index (χ4v) is 4.00. The Labute approximate surface area is 205 Å². The minimum absolute atomic E-state index is 0.0101. The lowest BCUT2D eigenvalue weighted by Gasteiger charge is -2.34. The van der Waals surface area contributed by atoms with Crippen LogP contribution in [0, 0.1) is 12.7 Å². The summed E-state index contributed by atoms with van der Waals surface area (Å²) in [5, 5.41) is 19.0. The summed E-state index contributed by atoms with van der Waals surface area (Å²) in [6.07, 6.45) is 1.09. The van der Waals surface area contributed by atoms with E-state index >= 15 is 0 Å². The van der Waals surface area contributed by atoms with Gasteiger partial charge in [0.15, 0.2) is 17.3 Å². The van der Waals surface area contributed by atoms with Crippen molar-refractivity contribution in [3.05, 3.63) is 65.8 Å². The molecule has 1 atom stereocenters. The maximum Gasteiger partial charge on any atom is 0.297 e. The second-order valence-electron chi connectivity index (χ2n) is 8.13. The van der Waals surface area contributed by atoms with Gasteiger partial charge in [-0.1, -0.05) is 6.07 Å². The van der Waals surface area contributed by atoms with E-state index in [1.54, 1.807) is 6.07 Å². The zero-order valence-electron chi connectivity index (χ0n) is 19.9. The molecular weight excluding hydrogens is 467 g/mol. The molecule has 1 aromatic carbocycles. The van der Waals surface area contributed by atoms with Crippen LogP contribution >= 0.6 is 0 Å². The van der Waals surface area contributed by atoms with Crippen LogP contribution in [-0.4, -0.2) is 50.0 Å². The molecule has 3 N–H and O–H groups in total. The van der Waals surface area contributed by atoms with E-state index in [9.17, 15) is 9.18 Å². The summed E-state index contributed by atoms with van der Waals surface area (Å²) in [4.78, 5) is 28.1. The van der Waals surface area contributed by atoms with Crippen LogP contribution in [0.5, 0.6) is 0 Å². The Morgan fingerprint density at radius 2 is 1.94 bits per heavy atom. The smallest absolute Gasteiger partial charge is 0.297 e. The number of rotatable bonds is 6. The molecule has 0 saturated heterocycles. The van der Waals surface area contributed by atoms with Crippen molar-refractivity contribution < 1.29 is 14.0 Å². The van der Waals surface area contributed by atoms with Gasteiger partial charge in [-0.3, -0.25) is 9.63 Å². The number of amides is 1. The van der Waals surface area contributed by atoms with E-state index < -0.39 is 11.7 Å². The first-order valence-electron chi connectivity index (χ1n) is 11.0. The summed E-state index contributed by atoms with van der Waals surface area (Å²) in [6.45, 7) is 3.90. The highest BCUT2D eigenvalue weighted by molar-refractivity contribution is 5.99. The van der Waals surface area contributed by atoms with Gasteiger partial charge in [0.25, 0.3) is 5.91 Å². The maximum absolute atomic E-state index is 13.2. The van der Waals surface area contributed by atoms with Gasteiger partial charge in [0.05, 0.1) is 42.1 Å². The van der Waals surface area contributed by atoms with E-state index in [1.165, 1.54) is 19.2 Å². The van der Waals surface area contributed by atoms with Gasteiger partial charge in [-0.15, -0.1) is 10.2 Å². The van der Waals surface area contributed by atoms with Gasteiger partial charge in [-0.2, -0.15) is 5.10 Å². The van der Waals surface area contributed by atoms with Crippen LogP contribution in [0.3, 0.4) is 0 Å². The Balaban J connectivity index is 1.57. The van der Waals surface area contributed by atoms with Crippen molar-refractivity contribution in [2.45, 2.75) is 19.9 Å². The molecular formula is C23H23FN10O2. The largest absolute Gasteiger partial charge is 0.361 e. The molecule has 12 nitrogen and oxygen atoms in total. The second kappa shape index (κ2) is 9.19. The molecule has 36 heavy (non-hydrogen) atoms. The lowest BCUT2D eigenvalue weighted by Crippen LogP contribution is -2.31. The summed E-state index contributed by atoms with van der Waals surface area (Å²) in [6, 6.07) is 10.0. The number of hydrogen-bond donors (Lipinski definition) is 3. The van der Waals surface area contributed by atoms with Gasteiger partial charge in [-0.05, 0) is 38.1 Å². The molecule has 0 bridgehead atoms. The van der Waals surface area contributed by atoms with Crippen LogP contribution in [0.1, 0.15) is 35.1 Å². The predicted octanol–water partition coefficient (Wildman–Crippen LogP) is 3.19. The van der Waals surface area contributed by atoms with Crippen molar-refractivity contribution in [1.82, 2.24) is 35.4 Å². The number of pyridine rings is 1. The number of fused-ring (bicyclic) bond motifs is 3. The SMILES string of the molecule is CONC(=O)c1nnc(Nc2ccc(F)cn2)cc1Nc1cccc2c1N(C)C(C)c1nc(C)nn1-2. The average Bonchev–Trinajstić information content (AvgIpc) is 3.26. The normalized spacial score (nSPS) is 14.1. The monoisotopic (exact) mass is 490 g/mol. The van der Waals surface area contributed by atoms with Crippen molar-refractivity contribution >= 4 is 34.6 Å². The topological polar surface area (TPSA) is 135 Å². The molecule has 1 aliphatic rings. The molecule has 184 valence electrons. The quantitative estimate of drug-likeness (QED) is 0.346. The summed E-state index contributed by atoms with van der Waals surface area (Å²) in [5.41, 5.74) is 5.06. The van der Waals surface area contributed by atoms with Crippen LogP contribution in [0.15, 0.2) is 42.6 Å². The van der Waals surface area contributed by atoms with E-state index in [1.807, 2.05) is 43.8 Å². The molecule has 13 heteroatoms. The standard InChI is InChI=1S/C23H23FN10O2/c1-12-22-26-13(2)31-34(22)17-7-5-6-15(21(17)33(12)3)27-16-10-19(28-18-9-8-14(24)11-25-18)29-30-20(16)23(35)32-36-4/h5-12H,1-4H3,(H,32,35)(H2,25,27,28,29). The zero-order chi connectivity index (χ0) is 25.4. The minimum atomic E-state index is -0.584. The van der Waals surface area contributed by atoms with Gasteiger partial charge in [0, 0.05) is 13.1 Å². The number of halogens is 1. The lowest BCUT2D eigenvalue weighted by atomic mass is 10.1. The highest BCUT2D eigenvalue weighted by atomic mass is 19.1. The number of nitrogens with zero attached hydrogens (tertiary/aromatic N) is 7. The number of nitrogens with one attached hydrogen (secondary N) is 3. The van der Waals surface area contributed by atoms with Crippen molar-refractivity contribution in [1.29, 1.82) is 0 Å². The molecule has 4 aromatic rings. The van der Waals surface area contributed by atoms with Crippen LogP contribution in [-0.2, 0) is 4.84 Å². The third-order valence-corrected chi connectivity index (χ3v) is 5.74. The Hall–Kier alpha value is -4.65. The molecule has 0 spiro atoms. The number of hydrogen-bond acceptors (Lipinski definition) is 10. The molecule has 0 aliphatic carbocycles. The molecule has 1 unspecified atom stereocenters. The van der Waals surface area contributed by atoms with E-state index in [2.05, 4.69) is 46.3 Å². The Kier molecular flexibility index (Phi) is 5.90. The zero-order valence-corrected chi connectivity index (χ0v) is 19.9. The third kappa shape index (κ3) is 4.15. The first-order valence-corrected chi connectivity index (χ1v) is 11.0. The van der Waals surface area contributed by atoms with Crippen LogP contribution < -0.4 is 21.0 Å². The minimum Gasteiger partial charge on any atom is -0.361 e. The van der Waals surface area contributed by atoms with E-state index in [-0.39, 0.29) is 11.7 Å². The van der Waals surface area contributed by atoms with Crippen LogP contribution in [0.25, 0.3) is 5.69 Å². The number of aromatic nitrogens is 6. The summed E-state index contributed by atoms with van der Waals surface area (Å²) in [5.74, 6) is 1.14. The number of carbonyl (C=O) groups excluding carboxylic acids is 1. The van der Waals surface area contributed by atoms with Gasteiger partial charge < -0.3 is 15.5 Å². The van der Waals surface area contributed by atoms with E-state index in [0.717, 1.165) is 23.4 Å². The highest BCUT2D eigenvalue weighted by Crippen LogP contribution is 2.42. The van der Waals surface area contributed by atoms with Crippen molar-refractivity contribution in [2.24, 2.45) is 0 Å². The van der Waals surface area contributed by atoms with Crippen molar-refractivity contribution in [2.75, 3.05) is 29.7 Å². The third-order valence-electron chi connectivity index (χ3n) is 5.74. The Bertz CT molecular complexity index is 1440. The van der Waals surface area contributed by atoms with Gasteiger partial charge in [0.1, 0.15) is 17.5 Å². The number of aryl methyl sites for hydroxylation is 1.